The van der Waals surface area contributed by atoms with Gasteiger partial charge < -0.3 is 15.5 Å². The Labute approximate surface area is 182 Å². The Morgan fingerprint density at radius 3 is 2.87 bits per heavy atom. The van der Waals surface area contributed by atoms with Gasteiger partial charge in [0.1, 0.15) is 0 Å². The molecule has 8 heteroatoms. The van der Waals surface area contributed by atoms with Gasteiger partial charge in [-0.3, -0.25) is 8.73 Å². The Bertz CT molecular complexity index is 826. The first-order chi connectivity index (χ1) is 14.2. The number of phosphoric ester groups is 1. The van der Waals surface area contributed by atoms with Crippen LogP contribution in [0.3, 0.4) is 0 Å². The smallest absolute Gasteiger partial charge is 0.323 e. The molecule has 4 atom stereocenters. The Kier molecular flexibility index (Phi) is 8.10. The van der Waals surface area contributed by atoms with Crippen molar-refractivity contribution in [1.82, 2.24) is 0 Å². The molecule has 0 amide bonds. The van der Waals surface area contributed by atoms with Crippen molar-refractivity contribution in [3.8, 4) is 0 Å². The van der Waals surface area contributed by atoms with Crippen molar-refractivity contribution < 1.29 is 23.1 Å². The number of allylic oxidation sites excluding steroid dienone is 1. The molecule has 30 heavy (non-hydrogen) atoms. The number of unbranched alkanes of at least 4 members (excludes halogenated alkanes) is 1. The molecular formula is C22H34NO5PS. The van der Waals surface area contributed by atoms with Gasteiger partial charge in [0.25, 0.3) is 0 Å². The van der Waals surface area contributed by atoms with Gasteiger partial charge in [-0.25, -0.2) is 4.57 Å². The summed E-state index contributed by atoms with van der Waals surface area (Å²) in [6.45, 7) is 3.60. The van der Waals surface area contributed by atoms with E-state index in [4.69, 9.17) is 15.5 Å². The zero-order valence-corrected chi connectivity index (χ0v) is 19.2. The molecule has 2 aliphatic rings. The number of phosphoric acid groups is 1. The van der Waals surface area contributed by atoms with Crippen molar-refractivity contribution in [2.24, 2.45) is 11.7 Å². The molecule has 1 aromatic carbocycles. The summed E-state index contributed by atoms with van der Waals surface area (Å²) >= 11 is 0. The summed E-state index contributed by atoms with van der Waals surface area (Å²) in [6.07, 6.45) is 9.09. The standard InChI is InChI=1S/C22H34NO5PS/c1-2-3-4-11-30(27)15-17-5-6-19-13-20(8-7-18(19)12-17)21-9-10-22(23,14-21)16-28-29(24,25)26/h2,7-8,13,17,21H,1,3-6,9-12,14-16,23H2,(H2,24,25,26)/t17-,21+,22-,30?/m1/s1. The normalized spacial score (nSPS) is 27.6. The fourth-order valence-corrected chi connectivity index (χ4v) is 6.66. The summed E-state index contributed by atoms with van der Waals surface area (Å²) in [6, 6.07) is 6.66. The second kappa shape index (κ2) is 10.2. The second-order valence-corrected chi connectivity index (χ2v) is 11.8. The third-order valence-corrected chi connectivity index (χ3v) is 8.45. The summed E-state index contributed by atoms with van der Waals surface area (Å²) in [5.74, 6) is 2.33. The number of hydrogen-bond acceptors (Lipinski definition) is 4. The van der Waals surface area contributed by atoms with Crippen LogP contribution in [0, 0.1) is 5.92 Å². The van der Waals surface area contributed by atoms with E-state index < -0.39 is 24.2 Å². The highest BCUT2D eigenvalue weighted by Crippen LogP contribution is 2.44. The van der Waals surface area contributed by atoms with Crippen LogP contribution < -0.4 is 5.73 Å². The van der Waals surface area contributed by atoms with Gasteiger partial charge >= 0.3 is 7.82 Å². The molecule has 0 radical (unpaired) electrons. The van der Waals surface area contributed by atoms with Gasteiger partial charge in [-0.15, -0.1) is 6.58 Å². The van der Waals surface area contributed by atoms with Gasteiger partial charge in [0, 0.05) is 27.8 Å². The predicted octanol–water partition coefficient (Wildman–Crippen LogP) is 3.58. The fraction of sp³-hybridized carbons (Fsp3) is 0.636. The first-order valence-electron chi connectivity index (χ1n) is 10.7. The second-order valence-electron chi connectivity index (χ2n) is 8.94. The molecule has 0 aromatic heterocycles. The van der Waals surface area contributed by atoms with Gasteiger partial charge in [-0.1, -0.05) is 24.3 Å². The van der Waals surface area contributed by atoms with E-state index in [0.717, 1.165) is 50.0 Å². The summed E-state index contributed by atoms with van der Waals surface area (Å²) < 4.78 is 28.0. The van der Waals surface area contributed by atoms with Crippen LogP contribution in [-0.4, -0.2) is 37.6 Å². The van der Waals surface area contributed by atoms with E-state index in [0.29, 0.717) is 18.8 Å². The summed E-state index contributed by atoms with van der Waals surface area (Å²) in [4.78, 5) is 17.9. The number of rotatable bonds is 10. The molecule has 3 rings (SSSR count). The quantitative estimate of drug-likeness (QED) is 0.283. The number of hydrogen-bond donors (Lipinski definition) is 3. The van der Waals surface area contributed by atoms with Crippen LogP contribution in [0.4, 0.5) is 0 Å². The van der Waals surface area contributed by atoms with Crippen molar-refractivity contribution in [1.29, 1.82) is 0 Å². The molecule has 1 unspecified atom stereocenters. The highest BCUT2D eigenvalue weighted by Gasteiger charge is 2.38. The lowest BCUT2D eigenvalue weighted by Gasteiger charge is -2.26. The van der Waals surface area contributed by atoms with E-state index in [1.165, 1.54) is 16.7 Å². The monoisotopic (exact) mass is 455 g/mol. The van der Waals surface area contributed by atoms with Gasteiger partial charge in [0.15, 0.2) is 0 Å². The molecule has 1 saturated carbocycles. The van der Waals surface area contributed by atoms with E-state index in [-0.39, 0.29) is 12.5 Å². The third kappa shape index (κ3) is 6.84. The zero-order chi connectivity index (χ0) is 21.8. The molecule has 0 bridgehead atoms. The lowest BCUT2D eigenvalue weighted by molar-refractivity contribution is 0.153. The third-order valence-electron chi connectivity index (χ3n) is 6.40. The fourth-order valence-electron chi connectivity index (χ4n) is 4.77. The molecule has 2 aliphatic carbocycles. The van der Waals surface area contributed by atoms with Crippen LogP contribution in [0.15, 0.2) is 30.9 Å². The maximum Gasteiger partial charge on any atom is 0.469 e. The molecular weight excluding hydrogens is 421 g/mol. The minimum absolute atomic E-state index is 0.121. The lowest BCUT2D eigenvalue weighted by atomic mass is 9.82. The highest BCUT2D eigenvalue weighted by molar-refractivity contribution is 7.84. The molecule has 168 valence electrons. The molecule has 1 aromatic rings. The molecule has 0 heterocycles. The number of fused-ring (bicyclic) bond motifs is 1. The van der Waals surface area contributed by atoms with Crippen LogP contribution in [0.5, 0.6) is 0 Å². The topological polar surface area (TPSA) is 110 Å². The van der Waals surface area contributed by atoms with Crippen LogP contribution >= 0.6 is 7.82 Å². The van der Waals surface area contributed by atoms with Crippen molar-refractivity contribution in [2.45, 2.75) is 62.8 Å². The average molecular weight is 456 g/mol. The van der Waals surface area contributed by atoms with Crippen LogP contribution in [0.25, 0.3) is 0 Å². The molecule has 4 N–H and O–H groups in total. The van der Waals surface area contributed by atoms with Gasteiger partial charge in [-0.05, 0) is 79.9 Å². The van der Waals surface area contributed by atoms with Crippen LogP contribution in [0.2, 0.25) is 0 Å². The van der Waals surface area contributed by atoms with Crippen molar-refractivity contribution >= 4 is 18.6 Å². The first-order valence-corrected chi connectivity index (χ1v) is 13.8. The number of nitrogens with two attached hydrogens (primary N) is 1. The molecule has 0 aliphatic heterocycles. The summed E-state index contributed by atoms with van der Waals surface area (Å²) in [7, 11) is -5.25. The van der Waals surface area contributed by atoms with Crippen LogP contribution in [0.1, 0.15) is 61.1 Å². The number of benzene rings is 1. The molecule has 1 fully saturated rings. The summed E-state index contributed by atoms with van der Waals surface area (Å²) in [5.41, 5.74) is 9.64. The van der Waals surface area contributed by atoms with E-state index in [2.05, 4.69) is 29.3 Å². The van der Waals surface area contributed by atoms with Gasteiger partial charge in [0.05, 0.1) is 6.61 Å². The van der Waals surface area contributed by atoms with E-state index in [1.807, 2.05) is 6.08 Å². The molecule has 0 spiro atoms. The Morgan fingerprint density at radius 1 is 1.33 bits per heavy atom. The van der Waals surface area contributed by atoms with Gasteiger partial charge in [0.2, 0.25) is 0 Å². The van der Waals surface area contributed by atoms with Crippen molar-refractivity contribution in [3.63, 3.8) is 0 Å². The predicted molar refractivity (Wildman–Crippen MR) is 121 cm³/mol. The largest absolute Gasteiger partial charge is 0.469 e. The van der Waals surface area contributed by atoms with E-state index in [1.54, 1.807) is 0 Å². The van der Waals surface area contributed by atoms with Gasteiger partial charge in [-0.2, -0.15) is 0 Å². The lowest BCUT2D eigenvalue weighted by Crippen LogP contribution is -2.41. The minimum atomic E-state index is -4.50. The Morgan fingerprint density at radius 2 is 2.13 bits per heavy atom. The van der Waals surface area contributed by atoms with Crippen molar-refractivity contribution in [3.05, 3.63) is 47.5 Å². The van der Waals surface area contributed by atoms with E-state index in [9.17, 15) is 8.77 Å². The van der Waals surface area contributed by atoms with Crippen molar-refractivity contribution in [2.75, 3.05) is 18.1 Å². The minimum Gasteiger partial charge on any atom is -0.323 e. The summed E-state index contributed by atoms with van der Waals surface area (Å²) in [5, 5.41) is 0. The zero-order valence-electron chi connectivity index (χ0n) is 17.5. The highest BCUT2D eigenvalue weighted by atomic mass is 32.2. The Balaban J connectivity index is 1.56. The maximum absolute atomic E-state index is 12.3. The first kappa shape index (κ1) is 23.8. The van der Waals surface area contributed by atoms with Crippen LogP contribution in [-0.2, 0) is 32.7 Å². The molecule has 0 saturated heterocycles. The number of aryl methyl sites for hydroxylation is 1. The SMILES string of the molecule is C=CCCCS(=O)C[C@@H]1CCc2cc([C@H]3CC[C@](N)(COP(=O)(O)O)C3)ccc2C1. The maximum atomic E-state index is 12.3. The Hall–Kier alpha value is -0.820. The molecule has 6 nitrogen and oxygen atoms in total. The van der Waals surface area contributed by atoms with E-state index >= 15 is 0 Å². The average Bonchev–Trinajstić information content (AvgIpc) is 3.08.